The summed E-state index contributed by atoms with van der Waals surface area (Å²) in [6, 6.07) is 3.52. The highest BCUT2D eigenvalue weighted by Gasteiger charge is 2.30. The van der Waals surface area contributed by atoms with E-state index in [0.717, 1.165) is 17.3 Å². The van der Waals surface area contributed by atoms with E-state index in [1.807, 2.05) is 0 Å². The van der Waals surface area contributed by atoms with Crippen molar-refractivity contribution >= 4 is 33.2 Å². The van der Waals surface area contributed by atoms with Gasteiger partial charge in [-0.3, -0.25) is 4.79 Å². The fourth-order valence-corrected chi connectivity index (χ4v) is 1.92. The number of hydrogen-bond donors (Lipinski definition) is 2. The van der Waals surface area contributed by atoms with Crippen LogP contribution in [0, 0.1) is 5.92 Å². The molecule has 0 spiro atoms. The van der Waals surface area contributed by atoms with Gasteiger partial charge in [0, 0.05) is 10.4 Å². The number of carbonyl (C=O) groups excluding carboxylic acids is 1. The van der Waals surface area contributed by atoms with E-state index in [2.05, 4.69) is 21.2 Å². The van der Waals surface area contributed by atoms with Gasteiger partial charge in [-0.05, 0) is 25.0 Å². The number of anilines is 2. The minimum atomic E-state index is 0.0207. The molecule has 1 aliphatic carbocycles. The van der Waals surface area contributed by atoms with Crippen molar-refractivity contribution < 1.29 is 9.53 Å². The Morgan fingerprint density at radius 1 is 1.56 bits per heavy atom. The molecular formula is C11H13BrN2O2. The average Bonchev–Trinajstić information content (AvgIpc) is 3.04. The number of carbonyl (C=O) groups is 1. The fraction of sp³-hybridized carbons (Fsp3) is 0.364. The Morgan fingerprint density at radius 2 is 2.25 bits per heavy atom. The maximum Gasteiger partial charge on any atom is 0.227 e. The first kappa shape index (κ1) is 11.3. The molecule has 0 atom stereocenters. The van der Waals surface area contributed by atoms with Crippen LogP contribution in [0.15, 0.2) is 16.6 Å². The van der Waals surface area contributed by atoms with Gasteiger partial charge in [-0.15, -0.1) is 0 Å². The molecule has 1 fully saturated rings. The molecule has 1 amide bonds. The molecule has 16 heavy (non-hydrogen) atoms. The van der Waals surface area contributed by atoms with E-state index in [1.54, 1.807) is 19.2 Å². The van der Waals surface area contributed by atoms with E-state index in [4.69, 9.17) is 10.5 Å². The standard InChI is InChI=1S/C11H13BrN2O2/c1-16-9-5-7(12)4-8(13)10(9)14-11(15)6-2-3-6/h4-6H,2-3,13H2,1H3,(H,14,15). The van der Waals surface area contributed by atoms with Crippen LogP contribution in [0.5, 0.6) is 5.75 Å². The molecule has 5 heteroatoms. The van der Waals surface area contributed by atoms with Crippen molar-refractivity contribution in [3.05, 3.63) is 16.6 Å². The first-order chi connectivity index (χ1) is 7.61. The summed E-state index contributed by atoms with van der Waals surface area (Å²) in [5.41, 5.74) is 6.90. The highest BCUT2D eigenvalue weighted by molar-refractivity contribution is 9.10. The number of ether oxygens (including phenoxy) is 1. The second-order valence-corrected chi connectivity index (χ2v) is 4.75. The van der Waals surface area contributed by atoms with Crippen LogP contribution >= 0.6 is 15.9 Å². The zero-order valence-corrected chi connectivity index (χ0v) is 10.5. The largest absolute Gasteiger partial charge is 0.494 e. The van der Waals surface area contributed by atoms with Crippen molar-refractivity contribution in [1.82, 2.24) is 0 Å². The molecule has 4 nitrogen and oxygen atoms in total. The van der Waals surface area contributed by atoms with Gasteiger partial charge in [0.05, 0.1) is 12.8 Å². The number of nitrogens with one attached hydrogen (secondary N) is 1. The average molecular weight is 285 g/mol. The molecule has 3 N–H and O–H groups in total. The van der Waals surface area contributed by atoms with Crippen molar-refractivity contribution in [2.45, 2.75) is 12.8 Å². The molecular weight excluding hydrogens is 272 g/mol. The molecule has 86 valence electrons. The Hall–Kier alpha value is -1.23. The summed E-state index contributed by atoms with van der Waals surface area (Å²) in [5, 5.41) is 2.81. The Morgan fingerprint density at radius 3 is 2.81 bits per heavy atom. The molecule has 2 rings (SSSR count). The third kappa shape index (κ3) is 2.29. The first-order valence-corrected chi connectivity index (χ1v) is 5.85. The van der Waals surface area contributed by atoms with Crippen LogP contribution in [0.2, 0.25) is 0 Å². The second-order valence-electron chi connectivity index (χ2n) is 3.84. The molecule has 1 aromatic carbocycles. The number of methoxy groups -OCH3 is 1. The third-order valence-corrected chi connectivity index (χ3v) is 2.97. The van der Waals surface area contributed by atoms with Crippen molar-refractivity contribution in [3.63, 3.8) is 0 Å². The van der Waals surface area contributed by atoms with Crippen molar-refractivity contribution in [1.29, 1.82) is 0 Å². The third-order valence-electron chi connectivity index (χ3n) is 2.51. The quantitative estimate of drug-likeness (QED) is 0.838. The Labute approximate surface area is 102 Å². The predicted octanol–water partition coefficient (Wildman–Crippen LogP) is 2.39. The number of rotatable bonds is 3. The highest BCUT2D eigenvalue weighted by Crippen LogP contribution is 2.37. The molecule has 1 saturated carbocycles. The predicted molar refractivity (Wildman–Crippen MR) is 66.5 cm³/mol. The van der Waals surface area contributed by atoms with Gasteiger partial charge in [0.15, 0.2) is 0 Å². The lowest BCUT2D eigenvalue weighted by atomic mass is 10.2. The summed E-state index contributed by atoms with van der Waals surface area (Å²) in [5.74, 6) is 0.737. The first-order valence-electron chi connectivity index (χ1n) is 5.05. The Kier molecular flexibility index (Phi) is 3.05. The van der Waals surface area contributed by atoms with E-state index in [1.165, 1.54) is 0 Å². The van der Waals surface area contributed by atoms with E-state index in [-0.39, 0.29) is 11.8 Å². The summed E-state index contributed by atoms with van der Waals surface area (Å²) < 4.78 is 6.01. The summed E-state index contributed by atoms with van der Waals surface area (Å²) in [7, 11) is 1.55. The lowest BCUT2D eigenvalue weighted by molar-refractivity contribution is -0.117. The molecule has 0 unspecified atom stereocenters. The van der Waals surface area contributed by atoms with Crippen LogP contribution in [-0.4, -0.2) is 13.0 Å². The Balaban J connectivity index is 2.27. The van der Waals surface area contributed by atoms with Gasteiger partial charge >= 0.3 is 0 Å². The van der Waals surface area contributed by atoms with E-state index >= 15 is 0 Å². The lowest BCUT2D eigenvalue weighted by Crippen LogP contribution is -2.15. The van der Waals surface area contributed by atoms with Crippen molar-refractivity contribution in [2.24, 2.45) is 5.92 Å². The summed E-state index contributed by atoms with van der Waals surface area (Å²) in [4.78, 5) is 11.6. The SMILES string of the molecule is COc1cc(Br)cc(N)c1NC(=O)C1CC1. The maximum atomic E-state index is 11.6. The molecule has 0 aromatic heterocycles. The van der Waals surface area contributed by atoms with Gasteiger partial charge in [0.2, 0.25) is 5.91 Å². The zero-order chi connectivity index (χ0) is 11.7. The minimum absolute atomic E-state index is 0.0207. The van der Waals surface area contributed by atoms with Crippen molar-refractivity contribution in [3.8, 4) is 5.75 Å². The van der Waals surface area contributed by atoms with Crippen LogP contribution < -0.4 is 15.8 Å². The van der Waals surface area contributed by atoms with E-state index < -0.39 is 0 Å². The van der Waals surface area contributed by atoms with Crippen LogP contribution in [0.3, 0.4) is 0 Å². The summed E-state index contributed by atoms with van der Waals surface area (Å²) >= 11 is 3.32. The number of benzene rings is 1. The number of nitrogens with two attached hydrogens (primary N) is 1. The van der Waals surface area contributed by atoms with Crippen LogP contribution in [-0.2, 0) is 4.79 Å². The van der Waals surface area contributed by atoms with Crippen molar-refractivity contribution in [2.75, 3.05) is 18.2 Å². The maximum absolute atomic E-state index is 11.6. The molecule has 0 bridgehead atoms. The summed E-state index contributed by atoms with van der Waals surface area (Å²) in [6.07, 6.45) is 1.93. The van der Waals surface area contributed by atoms with Gasteiger partial charge in [-0.1, -0.05) is 15.9 Å². The van der Waals surface area contributed by atoms with Gasteiger partial charge in [-0.2, -0.15) is 0 Å². The molecule has 0 radical (unpaired) electrons. The molecule has 0 saturated heterocycles. The van der Waals surface area contributed by atoms with Gasteiger partial charge < -0.3 is 15.8 Å². The topological polar surface area (TPSA) is 64.3 Å². The number of halogens is 1. The van der Waals surface area contributed by atoms with E-state index in [0.29, 0.717) is 17.1 Å². The molecule has 1 aliphatic rings. The summed E-state index contributed by atoms with van der Waals surface area (Å²) in [6.45, 7) is 0. The van der Waals surface area contributed by atoms with Gasteiger partial charge in [0.25, 0.3) is 0 Å². The highest BCUT2D eigenvalue weighted by atomic mass is 79.9. The lowest BCUT2D eigenvalue weighted by Gasteiger charge is -2.13. The van der Waals surface area contributed by atoms with Gasteiger partial charge in [0.1, 0.15) is 11.4 Å². The monoisotopic (exact) mass is 284 g/mol. The Bertz CT molecular complexity index is 430. The minimum Gasteiger partial charge on any atom is -0.494 e. The zero-order valence-electron chi connectivity index (χ0n) is 8.92. The molecule has 0 heterocycles. The molecule has 0 aliphatic heterocycles. The smallest absolute Gasteiger partial charge is 0.227 e. The number of hydrogen-bond acceptors (Lipinski definition) is 3. The van der Waals surface area contributed by atoms with E-state index in [9.17, 15) is 4.79 Å². The van der Waals surface area contributed by atoms with Crippen LogP contribution in [0.25, 0.3) is 0 Å². The number of nitrogen functional groups attached to an aromatic ring is 1. The normalized spacial score (nSPS) is 14.6. The van der Waals surface area contributed by atoms with Crippen LogP contribution in [0.4, 0.5) is 11.4 Å². The fourth-order valence-electron chi connectivity index (χ4n) is 1.47. The molecule has 1 aromatic rings. The second kappa shape index (κ2) is 4.33. The number of amides is 1. The van der Waals surface area contributed by atoms with Crippen LogP contribution in [0.1, 0.15) is 12.8 Å². The van der Waals surface area contributed by atoms with Gasteiger partial charge in [-0.25, -0.2) is 0 Å².